The van der Waals surface area contributed by atoms with E-state index in [2.05, 4.69) is 41.5 Å². The predicted molar refractivity (Wildman–Crippen MR) is 182 cm³/mol. The molecule has 0 radical (unpaired) electrons. The lowest BCUT2D eigenvalue weighted by molar-refractivity contribution is 0.374. The van der Waals surface area contributed by atoms with Crippen molar-refractivity contribution in [3.05, 3.63) is 0 Å². The Morgan fingerprint density at radius 1 is 0.231 bits per heavy atom. The lowest BCUT2D eigenvalue weighted by Gasteiger charge is -2.16. The Labute approximate surface area is 251 Å². The number of unbranched alkanes of at least 4 members (excludes halogenated alkanes) is 16. The monoisotopic (exact) mass is 549 g/mol. The van der Waals surface area contributed by atoms with E-state index >= 15 is 0 Å². The summed E-state index contributed by atoms with van der Waals surface area (Å²) in [4.78, 5) is 0. The summed E-state index contributed by atoms with van der Waals surface area (Å²) in [6.07, 6.45) is 42.4. The van der Waals surface area contributed by atoms with Crippen LogP contribution in [0.2, 0.25) is 0 Å². The molecule has 0 spiro atoms. The number of rotatable bonds is 32. The Hall–Kier alpha value is 0. The second-order valence-electron chi connectivity index (χ2n) is 14.4. The van der Waals surface area contributed by atoms with E-state index in [1.165, 1.54) is 186 Å². The van der Waals surface area contributed by atoms with Crippen LogP contribution in [0.4, 0.5) is 0 Å². The van der Waals surface area contributed by atoms with Crippen molar-refractivity contribution in [1.82, 2.24) is 0 Å². The van der Waals surface area contributed by atoms with E-state index in [0.29, 0.717) is 0 Å². The van der Waals surface area contributed by atoms with Gasteiger partial charge in [-0.1, -0.05) is 228 Å². The quantitative estimate of drug-likeness (QED) is 0.0733. The minimum Gasteiger partial charge on any atom is -0.0654 e. The van der Waals surface area contributed by atoms with Crippen molar-refractivity contribution in [3.8, 4) is 0 Å². The van der Waals surface area contributed by atoms with Gasteiger partial charge in [-0.2, -0.15) is 0 Å². The van der Waals surface area contributed by atoms with Gasteiger partial charge in [0.25, 0.3) is 0 Å². The smallest absolute Gasteiger partial charge is 0.0443 e. The summed E-state index contributed by atoms with van der Waals surface area (Å²) in [6, 6.07) is 0. The van der Waals surface area contributed by atoms with E-state index in [-0.39, 0.29) is 0 Å². The fourth-order valence-corrected chi connectivity index (χ4v) is 6.62. The van der Waals surface area contributed by atoms with E-state index < -0.39 is 0 Å². The molecule has 0 rings (SSSR count). The standard InChI is InChI=1S/C39H80/c1-7-9-11-22-28-36(3)30-24-20-18-16-14-13-15-17-19-21-25-31-38(5)33-27-35-39(6)34-26-32-37(4)29-23-12-10-8-2/h36-39H,7-35H2,1-6H3. The van der Waals surface area contributed by atoms with Crippen LogP contribution in [-0.2, 0) is 0 Å². The van der Waals surface area contributed by atoms with Crippen LogP contribution in [0.1, 0.15) is 228 Å². The Kier molecular flexibility index (Phi) is 30.9. The Morgan fingerprint density at radius 2 is 0.410 bits per heavy atom. The first-order valence-electron chi connectivity index (χ1n) is 19.0. The maximum Gasteiger partial charge on any atom is -0.0443 e. The lowest BCUT2D eigenvalue weighted by Crippen LogP contribution is -2.01. The summed E-state index contributed by atoms with van der Waals surface area (Å²) in [7, 11) is 0. The molecule has 4 unspecified atom stereocenters. The molecular weight excluding hydrogens is 468 g/mol. The molecule has 0 aliphatic rings. The van der Waals surface area contributed by atoms with Gasteiger partial charge in [-0.25, -0.2) is 0 Å². The normalized spacial score (nSPS) is 14.9. The highest BCUT2D eigenvalue weighted by molar-refractivity contribution is 4.61. The zero-order valence-electron chi connectivity index (χ0n) is 28.8. The van der Waals surface area contributed by atoms with Crippen LogP contribution >= 0.6 is 0 Å². The third-order valence-corrected chi connectivity index (χ3v) is 9.78. The summed E-state index contributed by atoms with van der Waals surface area (Å²) in [6.45, 7) is 14.6. The maximum atomic E-state index is 2.51. The molecule has 0 bridgehead atoms. The molecule has 0 aromatic heterocycles. The van der Waals surface area contributed by atoms with Crippen molar-refractivity contribution < 1.29 is 0 Å². The highest BCUT2D eigenvalue weighted by Gasteiger charge is 2.08. The van der Waals surface area contributed by atoms with Gasteiger partial charge in [0.15, 0.2) is 0 Å². The molecule has 0 aliphatic heterocycles. The summed E-state index contributed by atoms with van der Waals surface area (Å²) in [5.74, 6) is 3.81. The predicted octanol–water partition coefficient (Wildman–Crippen LogP) is 14.9. The van der Waals surface area contributed by atoms with Gasteiger partial charge in [0.05, 0.1) is 0 Å². The highest BCUT2D eigenvalue weighted by atomic mass is 14.1. The molecule has 4 atom stereocenters. The molecule has 0 saturated heterocycles. The number of hydrogen-bond acceptors (Lipinski definition) is 0. The van der Waals surface area contributed by atoms with Crippen molar-refractivity contribution in [2.45, 2.75) is 228 Å². The van der Waals surface area contributed by atoms with Crippen molar-refractivity contribution in [3.63, 3.8) is 0 Å². The van der Waals surface area contributed by atoms with Gasteiger partial charge in [0.2, 0.25) is 0 Å². The van der Waals surface area contributed by atoms with Crippen LogP contribution in [0.3, 0.4) is 0 Å². The molecule has 0 N–H and O–H groups in total. The Morgan fingerprint density at radius 3 is 0.641 bits per heavy atom. The van der Waals surface area contributed by atoms with Crippen LogP contribution in [0.5, 0.6) is 0 Å². The van der Waals surface area contributed by atoms with Gasteiger partial charge < -0.3 is 0 Å². The topological polar surface area (TPSA) is 0 Å². The van der Waals surface area contributed by atoms with Gasteiger partial charge in [-0.05, 0) is 23.7 Å². The molecular formula is C39H80. The van der Waals surface area contributed by atoms with Crippen LogP contribution in [-0.4, -0.2) is 0 Å². The van der Waals surface area contributed by atoms with E-state index in [0.717, 1.165) is 23.7 Å². The fraction of sp³-hybridized carbons (Fsp3) is 1.00. The highest BCUT2D eigenvalue weighted by Crippen LogP contribution is 2.24. The van der Waals surface area contributed by atoms with Crippen LogP contribution in [0, 0.1) is 23.7 Å². The SMILES string of the molecule is CCCCCCC(C)CCCCCCCCCCCCCC(C)CCCC(C)CCCC(C)CCCCCC. The molecule has 0 heterocycles. The average molecular weight is 549 g/mol. The number of hydrogen-bond donors (Lipinski definition) is 0. The zero-order chi connectivity index (χ0) is 28.8. The minimum atomic E-state index is 0.943. The van der Waals surface area contributed by atoms with E-state index in [9.17, 15) is 0 Å². The average Bonchev–Trinajstić information content (AvgIpc) is 2.91. The second kappa shape index (κ2) is 30.9. The summed E-state index contributed by atoms with van der Waals surface area (Å²) >= 11 is 0. The molecule has 0 heteroatoms. The second-order valence-corrected chi connectivity index (χ2v) is 14.4. The van der Waals surface area contributed by atoms with Crippen LogP contribution in [0.15, 0.2) is 0 Å². The van der Waals surface area contributed by atoms with E-state index in [4.69, 9.17) is 0 Å². The fourth-order valence-electron chi connectivity index (χ4n) is 6.62. The molecule has 0 saturated carbocycles. The third-order valence-electron chi connectivity index (χ3n) is 9.78. The van der Waals surface area contributed by atoms with Gasteiger partial charge >= 0.3 is 0 Å². The van der Waals surface area contributed by atoms with E-state index in [1.807, 2.05) is 0 Å². The minimum absolute atomic E-state index is 0.943. The zero-order valence-corrected chi connectivity index (χ0v) is 28.8. The molecule has 0 aromatic rings. The van der Waals surface area contributed by atoms with Gasteiger partial charge in [-0.15, -0.1) is 0 Å². The molecule has 0 nitrogen and oxygen atoms in total. The lowest BCUT2D eigenvalue weighted by atomic mass is 9.90. The van der Waals surface area contributed by atoms with Gasteiger partial charge in [-0.3, -0.25) is 0 Å². The molecule has 39 heavy (non-hydrogen) atoms. The maximum absolute atomic E-state index is 2.51. The molecule has 0 aliphatic carbocycles. The first-order chi connectivity index (χ1) is 19.0. The molecule has 0 aromatic carbocycles. The summed E-state index contributed by atoms with van der Waals surface area (Å²) in [5, 5.41) is 0. The molecule has 0 amide bonds. The van der Waals surface area contributed by atoms with Crippen molar-refractivity contribution in [1.29, 1.82) is 0 Å². The van der Waals surface area contributed by atoms with Crippen molar-refractivity contribution in [2.24, 2.45) is 23.7 Å². The van der Waals surface area contributed by atoms with Crippen molar-refractivity contribution in [2.75, 3.05) is 0 Å². The van der Waals surface area contributed by atoms with Crippen LogP contribution < -0.4 is 0 Å². The van der Waals surface area contributed by atoms with Gasteiger partial charge in [0.1, 0.15) is 0 Å². The third kappa shape index (κ3) is 30.8. The van der Waals surface area contributed by atoms with E-state index in [1.54, 1.807) is 0 Å². The Balaban J connectivity index is 3.36. The van der Waals surface area contributed by atoms with Gasteiger partial charge in [0, 0.05) is 0 Å². The largest absolute Gasteiger partial charge is 0.0654 e. The summed E-state index contributed by atoms with van der Waals surface area (Å²) < 4.78 is 0. The molecule has 0 fully saturated rings. The van der Waals surface area contributed by atoms with Crippen LogP contribution in [0.25, 0.3) is 0 Å². The first kappa shape index (κ1) is 39.0. The first-order valence-corrected chi connectivity index (χ1v) is 19.0. The Bertz CT molecular complexity index is 439. The van der Waals surface area contributed by atoms with Crippen molar-refractivity contribution >= 4 is 0 Å². The molecule has 236 valence electrons. The summed E-state index contributed by atoms with van der Waals surface area (Å²) in [5.41, 5.74) is 0.